The number of rotatable bonds is 7. The topological polar surface area (TPSA) is 110 Å². The molecular formula is C22H25NO6. The second-order valence-electron chi connectivity index (χ2n) is 7.46. The molecule has 3 rings (SSSR count). The standard InChI is InChI=1S/C22H25NO6/c1-5-6-7-15(21(25)26)23-17(24)9-14-13(4)19-16(29-22(14)27)8-11(2)18-12(3)10-28-20(18)19/h8,10,15H,5-7,9H2,1-4H3,(H,23,24)(H,25,26). The quantitative estimate of drug-likeness (QED) is 0.585. The summed E-state index contributed by atoms with van der Waals surface area (Å²) in [5, 5.41) is 13.4. The number of carboxylic acids is 1. The van der Waals surface area contributed by atoms with E-state index < -0.39 is 23.5 Å². The van der Waals surface area contributed by atoms with Gasteiger partial charge < -0.3 is 19.3 Å². The monoisotopic (exact) mass is 399 g/mol. The van der Waals surface area contributed by atoms with Crippen LogP contribution in [0, 0.1) is 20.8 Å². The van der Waals surface area contributed by atoms with Crippen molar-refractivity contribution in [2.75, 3.05) is 0 Å². The van der Waals surface area contributed by atoms with Gasteiger partial charge in [-0.25, -0.2) is 9.59 Å². The molecule has 0 bridgehead atoms. The van der Waals surface area contributed by atoms with Crippen molar-refractivity contribution < 1.29 is 23.5 Å². The van der Waals surface area contributed by atoms with E-state index in [0.717, 1.165) is 22.9 Å². The lowest BCUT2D eigenvalue weighted by Crippen LogP contribution is -2.42. The molecule has 1 aromatic carbocycles. The Kier molecular flexibility index (Phi) is 5.77. The molecule has 7 heteroatoms. The van der Waals surface area contributed by atoms with Crippen LogP contribution in [0.25, 0.3) is 21.9 Å². The normalized spacial score (nSPS) is 12.4. The highest BCUT2D eigenvalue weighted by Crippen LogP contribution is 2.34. The highest BCUT2D eigenvalue weighted by Gasteiger charge is 2.23. The molecule has 1 unspecified atom stereocenters. The van der Waals surface area contributed by atoms with Crippen molar-refractivity contribution in [2.45, 2.75) is 59.4 Å². The Morgan fingerprint density at radius 2 is 1.90 bits per heavy atom. The molecule has 0 spiro atoms. The van der Waals surface area contributed by atoms with Gasteiger partial charge in [0.15, 0.2) is 0 Å². The zero-order valence-electron chi connectivity index (χ0n) is 17.0. The second-order valence-corrected chi connectivity index (χ2v) is 7.46. The fraction of sp³-hybridized carbons (Fsp3) is 0.409. The molecule has 1 atom stereocenters. The van der Waals surface area contributed by atoms with Gasteiger partial charge in [-0.3, -0.25) is 4.79 Å². The molecule has 2 N–H and O–H groups in total. The third-order valence-corrected chi connectivity index (χ3v) is 5.28. The van der Waals surface area contributed by atoms with Crippen LogP contribution >= 0.6 is 0 Å². The average Bonchev–Trinajstić information content (AvgIpc) is 3.03. The molecule has 7 nitrogen and oxygen atoms in total. The third kappa shape index (κ3) is 3.90. The van der Waals surface area contributed by atoms with E-state index in [0.29, 0.717) is 35.0 Å². The largest absolute Gasteiger partial charge is 0.480 e. The van der Waals surface area contributed by atoms with E-state index >= 15 is 0 Å². The molecule has 2 aromatic heterocycles. The van der Waals surface area contributed by atoms with Crippen molar-refractivity contribution >= 4 is 33.8 Å². The number of hydrogen-bond acceptors (Lipinski definition) is 5. The van der Waals surface area contributed by atoms with Gasteiger partial charge >= 0.3 is 11.6 Å². The first-order valence-electron chi connectivity index (χ1n) is 9.70. The lowest BCUT2D eigenvalue weighted by atomic mass is 9.98. The molecule has 154 valence electrons. The highest BCUT2D eigenvalue weighted by atomic mass is 16.4. The number of unbranched alkanes of at least 4 members (excludes halogenated alkanes) is 1. The van der Waals surface area contributed by atoms with Gasteiger partial charge in [-0.1, -0.05) is 19.8 Å². The molecule has 0 saturated heterocycles. The molecule has 2 heterocycles. The van der Waals surface area contributed by atoms with Crippen molar-refractivity contribution in [1.82, 2.24) is 5.32 Å². The number of carbonyl (C=O) groups excluding carboxylic acids is 1. The van der Waals surface area contributed by atoms with Crippen molar-refractivity contribution in [2.24, 2.45) is 0 Å². The summed E-state index contributed by atoms with van der Waals surface area (Å²) in [5.41, 5.74) is 3.14. The van der Waals surface area contributed by atoms with Gasteiger partial charge in [-0.05, 0) is 49.9 Å². The summed E-state index contributed by atoms with van der Waals surface area (Å²) in [6, 6.07) is 0.821. The van der Waals surface area contributed by atoms with Crippen molar-refractivity contribution in [3.05, 3.63) is 45.0 Å². The Morgan fingerprint density at radius 1 is 1.17 bits per heavy atom. The summed E-state index contributed by atoms with van der Waals surface area (Å²) in [4.78, 5) is 36.4. The summed E-state index contributed by atoms with van der Waals surface area (Å²) < 4.78 is 11.2. The first kappa shape index (κ1) is 20.6. The number of nitrogens with one attached hydrogen (secondary N) is 1. The first-order valence-corrected chi connectivity index (χ1v) is 9.70. The van der Waals surface area contributed by atoms with Gasteiger partial charge in [-0.15, -0.1) is 0 Å². The number of carboxylic acid groups (broad SMARTS) is 1. The summed E-state index contributed by atoms with van der Waals surface area (Å²) in [6.07, 6.45) is 3.25. The molecule has 0 saturated carbocycles. The predicted molar refractivity (Wildman–Crippen MR) is 109 cm³/mol. The maximum atomic E-state index is 12.5. The van der Waals surface area contributed by atoms with Crippen molar-refractivity contribution in [3.8, 4) is 0 Å². The zero-order chi connectivity index (χ0) is 21.3. The smallest absolute Gasteiger partial charge is 0.340 e. The van der Waals surface area contributed by atoms with Gasteiger partial charge in [0.2, 0.25) is 5.91 Å². The number of amides is 1. The Balaban J connectivity index is 2.00. The molecule has 3 aromatic rings. The number of fused-ring (bicyclic) bond motifs is 3. The van der Waals surface area contributed by atoms with E-state index in [2.05, 4.69) is 5.32 Å². The molecule has 0 radical (unpaired) electrons. The minimum Gasteiger partial charge on any atom is -0.480 e. The van der Waals surface area contributed by atoms with E-state index in [1.54, 1.807) is 19.3 Å². The second kappa shape index (κ2) is 8.11. The van der Waals surface area contributed by atoms with Gasteiger partial charge in [0.25, 0.3) is 0 Å². The minimum atomic E-state index is -1.09. The van der Waals surface area contributed by atoms with Crippen LogP contribution in [0.15, 0.2) is 26.0 Å². The summed E-state index contributed by atoms with van der Waals surface area (Å²) in [6.45, 7) is 7.56. The lowest BCUT2D eigenvalue weighted by molar-refractivity contribution is -0.142. The van der Waals surface area contributed by atoms with Crippen molar-refractivity contribution in [1.29, 1.82) is 0 Å². The molecule has 1 amide bonds. The van der Waals surface area contributed by atoms with E-state index in [4.69, 9.17) is 8.83 Å². The first-order chi connectivity index (χ1) is 13.7. The molecule has 0 aliphatic rings. The van der Waals surface area contributed by atoms with Crippen LogP contribution < -0.4 is 10.9 Å². The summed E-state index contributed by atoms with van der Waals surface area (Å²) in [7, 11) is 0. The Morgan fingerprint density at radius 3 is 2.55 bits per heavy atom. The Labute approximate surface area is 167 Å². The van der Waals surface area contributed by atoms with Crippen LogP contribution in [0.4, 0.5) is 0 Å². The molecular weight excluding hydrogens is 374 g/mol. The van der Waals surface area contributed by atoms with E-state index in [-0.39, 0.29) is 12.0 Å². The van der Waals surface area contributed by atoms with Gasteiger partial charge in [0.05, 0.1) is 23.6 Å². The number of aliphatic carboxylic acids is 1. The number of benzene rings is 1. The maximum absolute atomic E-state index is 12.5. The van der Waals surface area contributed by atoms with Crippen LogP contribution in [0.2, 0.25) is 0 Å². The van der Waals surface area contributed by atoms with E-state index in [1.807, 2.05) is 20.8 Å². The van der Waals surface area contributed by atoms with E-state index in [9.17, 15) is 19.5 Å². The summed E-state index contributed by atoms with van der Waals surface area (Å²) >= 11 is 0. The minimum absolute atomic E-state index is 0.203. The zero-order valence-corrected chi connectivity index (χ0v) is 17.0. The van der Waals surface area contributed by atoms with E-state index in [1.165, 1.54) is 0 Å². The fourth-order valence-electron chi connectivity index (χ4n) is 3.75. The molecule has 0 aliphatic heterocycles. The lowest BCUT2D eigenvalue weighted by Gasteiger charge is -2.15. The van der Waals surface area contributed by atoms with Crippen LogP contribution in [0.1, 0.15) is 48.4 Å². The van der Waals surface area contributed by atoms with Crippen LogP contribution in [0.5, 0.6) is 0 Å². The van der Waals surface area contributed by atoms with Crippen LogP contribution in [-0.4, -0.2) is 23.0 Å². The Hall–Kier alpha value is -3.09. The van der Waals surface area contributed by atoms with Gasteiger partial charge in [0.1, 0.15) is 17.2 Å². The maximum Gasteiger partial charge on any atom is 0.340 e. The summed E-state index contributed by atoms with van der Waals surface area (Å²) in [5.74, 6) is -1.61. The predicted octanol–water partition coefficient (Wildman–Crippen LogP) is 3.77. The number of hydrogen-bond donors (Lipinski definition) is 2. The fourth-order valence-corrected chi connectivity index (χ4v) is 3.75. The number of carbonyl (C=O) groups is 2. The third-order valence-electron chi connectivity index (χ3n) is 5.28. The number of furan rings is 1. The Bertz CT molecular complexity index is 1150. The SMILES string of the molecule is CCCCC(NC(=O)Cc1c(C)c2c(cc(C)c3c(C)coc32)oc1=O)C(=O)O. The number of aryl methyl sites for hydroxylation is 3. The molecule has 0 fully saturated rings. The van der Waals surface area contributed by atoms with Gasteiger partial charge in [-0.2, -0.15) is 0 Å². The highest BCUT2D eigenvalue weighted by molar-refractivity contribution is 6.07. The van der Waals surface area contributed by atoms with Gasteiger partial charge in [0, 0.05) is 5.39 Å². The van der Waals surface area contributed by atoms with Crippen LogP contribution in [0.3, 0.4) is 0 Å². The molecule has 29 heavy (non-hydrogen) atoms. The average molecular weight is 399 g/mol. The van der Waals surface area contributed by atoms with Crippen LogP contribution in [-0.2, 0) is 16.0 Å². The van der Waals surface area contributed by atoms with Crippen molar-refractivity contribution in [3.63, 3.8) is 0 Å². The molecule has 0 aliphatic carbocycles.